The molecule has 3 aromatic rings. The van der Waals surface area contributed by atoms with Crippen LogP contribution in [0.4, 0.5) is 10.5 Å². The Bertz CT molecular complexity index is 1080. The van der Waals surface area contributed by atoms with E-state index in [1.807, 2.05) is 28.9 Å². The molecule has 0 atom stereocenters. The van der Waals surface area contributed by atoms with Gasteiger partial charge in [0.2, 0.25) is 0 Å². The Labute approximate surface area is 179 Å². The molecular formula is C21H23ClN4O4. The summed E-state index contributed by atoms with van der Waals surface area (Å²) in [6, 6.07) is 7.64. The molecule has 9 heteroatoms. The van der Waals surface area contributed by atoms with Gasteiger partial charge in [-0.2, -0.15) is 0 Å². The zero-order valence-corrected chi connectivity index (χ0v) is 17.8. The van der Waals surface area contributed by atoms with Gasteiger partial charge in [0.1, 0.15) is 17.1 Å². The maximum Gasteiger partial charge on any atom is 0.409 e. The molecule has 1 saturated heterocycles. The van der Waals surface area contributed by atoms with Crippen molar-refractivity contribution in [2.45, 2.75) is 0 Å². The first kappa shape index (κ1) is 20.2. The normalized spacial score (nSPS) is 14.1. The zero-order chi connectivity index (χ0) is 21.3. The molecule has 4 rings (SSSR count). The summed E-state index contributed by atoms with van der Waals surface area (Å²) in [6.07, 6.45) is 3.63. The number of benzene rings is 1. The molecule has 1 aliphatic heterocycles. The third-order valence-electron chi connectivity index (χ3n) is 5.27. The summed E-state index contributed by atoms with van der Waals surface area (Å²) < 4.78 is 17.5. The van der Waals surface area contributed by atoms with Gasteiger partial charge in [0.15, 0.2) is 0 Å². The first-order chi connectivity index (χ1) is 14.5. The summed E-state index contributed by atoms with van der Waals surface area (Å²) in [5.74, 6) is 1.19. The van der Waals surface area contributed by atoms with E-state index in [1.54, 1.807) is 31.3 Å². The molecule has 0 unspecified atom stereocenters. The standard InChI is InChI=1S/C21H23ClN4O4/c1-28-18-12-19(29-2)16(22)11-15(18)17-13-26-5-4-14(10-20(26)23-17)24-6-8-25(9-7-24)21(27)30-3/h4-5,10-13H,6-9H2,1-3H3. The number of imidazole rings is 1. The number of aromatic nitrogens is 2. The van der Waals surface area contributed by atoms with Crippen LogP contribution in [-0.4, -0.2) is 67.9 Å². The number of piperazine rings is 1. The lowest BCUT2D eigenvalue weighted by Gasteiger charge is -2.35. The minimum absolute atomic E-state index is 0.282. The van der Waals surface area contributed by atoms with Crippen LogP contribution < -0.4 is 14.4 Å². The Hall–Kier alpha value is -3.13. The zero-order valence-electron chi connectivity index (χ0n) is 17.1. The van der Waals surface area contributed by atoms with E-state index in [-0.39, 0.29) is 6.09 Å². The molecule has 0 N–H and O–H groups in total. The molecular weight excluding hydrogens is 408 g/mol. The van der Waals surface area contributed by atoms with Gasteiger partial charge in [-0.1, -0.05) is 11.6 Å². The first-order valence-electron chi connectivity index (χ1n) is 9.52. The lowest BCUT2D eigenvalue weighted by atomic mass is 10.1. The second-order valence-corrected chi connectivity index (χ2v) is 7.31. The number of hydrogen-bond acceptors (Lipinski definition) is 6. The number of carbonyl (C=O) groups is 1. The van der Waals surface area contributed by atoms with E-state index in [4.69, 9.17) is 30.8 Å². The largest absolute Gasteiger partial charge is 0.496 e. The van der Waals surface area contributed by atoms with Gasteiger partial charge in [0.05, 0.1) is 32.0 Å². The number of pyridine rings is 1. The van der Waals surface area contributed by atoms with Crippen molar-refractivity contribution in [3.63, 3.8) is 0 Å². The quantitative estimate of drug-likeness (QED) is 0.630. The minimum Gasteiger partial charge on any atom is -0.496 e. The van der Waals surface area contributed by atoms with Crippen molar-refractivity contribution < 1.29 is 19.0 Å². The van der Waals surface area contributed by atoms with Gasteiger partial charge in [-0.25, -0.2) is 9.78 Å². The SMILES string of the molecule is COC(=O)N1CCN(c2ccn3cc(-c4cc(Cl)c(OC)cc4OC)nc3c2)CC1. The molecule has 8 nitrogen and oxygen atoms in total. The molecule has 0 radical (unpaired) electrons. The lowest BCUT2D eigenvalue weighted by molar-refractivity contribution is 0.121. The van der Waals surface area contributed by atoms with Crippen molar-refractivity contribution in [2.75, 3.05) is 52.4 Å². The monoisotopic (exact) mass is 430 g/mol. The van der Waals surface area contributed by atoms with Gasteiger partial charge in [-0.05, 0) is 12.1 Å². The van der Waals surface area contributed by atoms with E-state index in [9.17, 15) is 4.79 Å². The van der Waals surface area contributed by atoms with Gasteiger partial charge in [-0.15, -0.1) is 0 Å². The third kappa shape index (κ3) is 3.70. The fraction of sp³-hybridized carbons (Fsp3) is 0.333. The number of ether oxygens (including phenoxy) is 3. The predicted octanol–water partition coefficient (Wildman–Crippen LogP) is 3.56. The van der Waals surface area contributed by atoms with Gasteiger partial charge in [0, 0.05) is 62.0 Å². The van der Waals surface area contributed by atoms with Crippen LogP contribution in [0.5, 0.6) is 11.5 Å². The molecule has 1 aromatic carbocycles. The van der Waals surface area contributed by atoms with Gasteiger partial charge in [-0.3, -0.25) is 0 Å². The van der Waals surface area contributed by atoms with E-state index in [1.165, 1.54) is 7.11 Å². The molecule has 1 amide bonds. The predicted molar refractivity (Wildman–Crippen MR) is 115 cm³/mol. The summed E-state index contributed by atoms with van der Waals surface area (Å²) in [5.41, 5.74) is 3.42. The van der Waals surface area contributed by atoms with Crippen LogP contribution in [0.2, 0.25) is 5.02 Å². The molecule has 0 bridgehead atoms. The van der Waals surface area contributed by atoms with E-state index < -0.39 is 0 Å². The van der Waals surface area contributed by atoms with Crippen LogP contribution in [-0.2, 0) is 4.74 Å². The average molecular weight is 431 g/mol. The van der Waals surface area contributed by atoms with E-state index >= 15 is 0 Å². The number of nitrogens with zero attached hydrogens (tertiary/aromatic N) is 4. The summed E-state index contributed by atoms with van der Waals surface area (Å²) >= 11 is 6.32. The van der Waals surface area contributed by atoms with Crippen LogP contribution >= 0.6 is 11.6 Å². The number of anilines is 1. The van der Waals surface area contributed by atoms with Crippen molar-refractivity contribution in [1.82, 2.24) is 14.3 Å². The fourth-order valence-corrected chi connectivity index (χ4v) is 3.87. The van der Waals surface area contributed by atoms with Gasteiger partial charge in [0.25, 0.3) is 0 Å². The van der Waals surface area contributed by atoms with Crippen LogP contribution in [0.3, 0.4) is 0 Å². The smallest absolute Gasteiger partial charge is 0.409 e. The fourth-order valence-electron chi connectivity index (χ4n) is 3.63. The molecule has 2 aromatic heterocycles. The highest BCUT2D eigenvalue weighted by atomic mass is 35.5. The second kappa shape index (κ2) is 8.31. The number of amides is 1. The van der Waals surface area contributed by atoms with Crippen molar-refractivity contribution in [2.24, 2.45) is 0 Å². The number of methoxy groups -OCH3 is 3. The summed E-state index contributed by atoms with van der Waals surface area (Å²) in [4.78, 5) is 20.4. The third-order valence-corrected chi connectivity index (χ3v) is 5.57. The van der Waals surface area contributed by atoms with E-state index in [2.05, 4.69) is 4.90 Å². The molecule has 30 heavy (non-hydrogen) atoms. The Balaban J connectivity index is 1.61. The van der Waals surface area contributed by atoms with Crippen molar-refractivity contribution >= 4 is 29.0 Å². The molecule has 1 fully saturated rings. The molecule has 0 saturated carbocycles. The van der Waals surface area contributed by atoms with Crippen LogP contribution in [0.1, 0.15) is 0 Å². The van der Waals surface area contributed by atoms with Gasteiger partial charge < -0.3 is 28.4 Å². The van der Waals surface area contributed by atoms with Crippen LogP contribution in [0.15, 0.2) is 36.7 Å². The average Bonchev–Trinajstić information content (AvgIpc) is 3.21. The Kier molecular flexibility index (Phi) is 5.59. The van der Waals surface area contributed by atoms with Crippen LogP contribution in [0.25, 0.3) is 16.9 Å². The van der Waals surface area contributed by atoms with Gasteiger partial charge >= 0.3 is 6.09 Å². The number of carbonyl (C=O) groups excluding carboxylic acids is 1. The molecule has 0 spiro atoms. The summed E-state index contributed by atoms with van der Waals surface area (Å²) in [7, 11) is 4.58. The Morgan fingerprint density at radius 1 is 1.03 bits per heavy atom. The molecule has 1 aliphatic rings. The topological polar surface area (TPSA) is 68.5 Å². The number of rotatable bonds is 4. The highest BCUT2D eigenvalue weighted by molar-refractivity contribution is 6.32. The second-order valence-electron chi connectivity index (χ2n) is 6.91. The van der Waals surface area contributed by atoms with E-state index in [0.717, 1.165) is 35.7 Å². The first-order valence-corrected chi connectivity index (χ1v) is 9.90. The van der Waals surface area contributed by atoms with Crippen molar-refractivity contribution in [3.8, 4) is 22.8 Å². The van der Waals surface area contributed by atoms with Crippen molar-refractivity contribution in [3.05, 3.63) is 41.7 Å². The lowest BCUT2D eigenvalue weighted by Crippen LogP contribution is -2.48. The highest BCUT2D eigenvalue weighted by Crippen LogP contribution is 2.38. The number of hydrogen-bond donors (Lipinski definition) is 0. The highest BCUT2D eigenvalue weighted by Gasteiger charge is 2.22. The minimum atomic E-state index is -0.282. The Morgan fingerprint density at radius 2 is 1.77 bits per heavy atom. The number of fused-ring (bicyclic) bond motifs is 1. The van der Waals surface area contributed by atoms with Crippen molar-refractivity contribution in [1.29, 1.82) is 0 Å². The van der Waals surface area contributed by atoms with E-state index in [0.29, 0.717) is 29.6 Å². The van der Waals surface area contributed by atoms with Crippen LogP contribution in [0, 0.1) is 0 Å². The molecule has 158 valence electrons. The molecule has 3 heterocycles. The molecule has 0 aliphatic carbocycles. The maximum absolute atomic E-state index is 11.7. The summed E-state index contributed by atoms with van der Waals surface area (Å²) in [6.45, 7) is 2.72. The maximum atomic E-state index is 11.7. The summed E-state index contributed by atoms with van der Waals surface area (Å²) in [5, 5.41) is 0.495. The Morgan fingerprint density at radius 3 is 2.43 bits per heavy atom. The number of halogens is 1.